The van der Waals surface area contributed by atoms with Crippen LogP contribution in [0.4, 0.5) is 0 Å². The maximum absolute atomic E-state index is 12.2. The van der Waals surface area contributed by atoms with Gasteiger partial charge in [-0.15, -0.1) is 0 Å². The van der Waals surface area contributed by atoms with E-state index in [1.54, 1.807) is 0 Å². The lowest BCUT2D eigenvalue weighted by atomic mass is 9.96. The van der Waals surface area contributed by atoms with Crippen molar-refractivity contribution in [2.45, 2.75) is 12.1 Å². The summed E-state index contributed by atoms with van der Waals surface area (Å²) in [5, 5.41) is 0.738. The Bertz CT molecular complexity index is 955. The van der Waals surface area contributed by atoms with Crippen LogP contribution in [0.1, 0.15) is 28.8 Å². The molecular formula is C25H26ClN3O. The quantitative estimate of drug-likeness (QED) is 0.649. The number of amides is 1. The molecule has 0 radical (unpaired) electrons. The second-order valence-corrected chi connectivity index (χ2v) is 8.09. The van der Waals surface area contributed by atoms with Gasteiger partial charge in [-0.2, -0.15) is 0 Å². The van der Waals surface area contributed by atoms with E-state index in [-0.39, 0.29) is 18.0 Å². The molecule has 0 unspecified atom stereocenters. The SMILES string of the molecule is NC(=O)[C@H](c1ccccc1)N1CCN([C@H](c2ccccc2)c2ccc(Cl)cc2)CC1. The third-order valence-electron chi connectivity index (χ3n) is 5.77. The Morgan fingerprint density at radius 1 is 0.700 bits per heavy atom. The first kappa shape index (κ1) is 20.6. The summed E-state index contributed by atoms with van der Waals surface area (Å²) in [5.74, 6) is -0.299. The predicted octanol–water partition coefficient (Wildman–Crippen LogP) is 4.27. The molecule has 1 aliphatic heterocycles. The number of primary amides is 1. The molecule has 4 nitrogen and oxygen atoms in total. The summed E-state index contributed by atoms with van der Waals surface area (Å²) < 4.78 is 0. The molecule has 2 atom stereocenters. The predicted molar refractivity (Wildman–Crippen MR) is 121 cm³/mol. The van der Waals surface area contributed by atoms with E-state index in [0.29, 0.717) is 0 Å². The number of piperazine rings is 1. The highest BCUT2D eigenvalue weighted by Gasteiger charge is 2.32. The van der Waals surface area contributed by atoms with Crippen molar-refractivity contribution >= 4 is 17.5 Å². The highest BCUT2D eigenvalue weighted by atomic mass is 35.5. The molecule has 0 aromatic heterocycles. The van der Waals surface area contributed by atoms with Gasteiger partial charge in [-0.05, 0) is 28.8 Å². The summed E-state index contributed by atoms with van der Waals surface area (Å²) in [4.78, 5) is 16.9. The van der Waals surface area contributed by atoms with Gasteiger partial charge in [0.15, 0.2) is 0 Å². The molecule has 0 saturated carbocycles. The summed E-state index contributed by atoms with van der Waals surface area (Å²) in [7, 11) is 0. The highest BCUT2D eigenvalue weighted by molar-refractivity contribution is 6.30. The third kappa shape index (κ3) is 4.57. The van der Waals surface area contributed by atoms with Crippen LogP contribution in [0.25, 0.3) is 0 Å². The number of rotatable bonds is 6. The number of nitrogens with zero attached hydrogens (tertiary/aromatic N) is 2. The first-order valence-electron chi connectivity index (χ1n) is 10.3. The number of carbonyl (C=O) groups is 1. The van der Waals surface area contributed by atoms with Crippen molar-refractivity contribution in [1.29, 1.82) is 0 Å². The molecule has 2 N–H and O–H groups in total. The molecule has 0 spiro atoms. The lowest BCUT2D eigenvalue weighted by Gasteiger charge is -2.42. The average molecular weight is 420 g/mol. The minimum Gasteiger partial charge on any atom is -0.368 e. The van der Waals surface area contributed by atoms with Crippen LogP contribution >= 0.6 is 11.6 Å². The van der Waals surface area contributed by atoms with Crippen LogP contribution in [-0.2, 0) is 4.79 Å². The summed E-state index contributed by atoms with van der Waals surface area (Å²) >= 11 is 6.13. The Labute approximate surface area is 182 Å². The topological polar surface area (TPSA) is 49.6 Å². The van der Waals surface area contributed by atoms with Crippen molar-refractivity contribution in [3.05, 3.63) is 107 Å². The van der Waals surface area contributed by atoms with Gasteiger partial charge in [0.05, 0.1) is 6.04 Å². The Morgan fingerprint density at radius 3 is 1.70 bits per heavy atom. The van der Waals surface area contributed by atoms with Crippen LogP contribution in [0, 0.1) is 0 Å². The Kier molecular flexibility index (Phi) is 6.48. The molecular weight excluding hydrogens is 394 g/mol. The molecule has 1 amide bonds. The fraction of sp³-hybridized carbons (Fsp3) is 0.240. The molecule has 154 valence electrons. The molecule has 4 rings (SSSR count). The van der Waals surface area contributed by atoms with Crippen molar-refractivity contribution in [3.8, 4) is 0 Å². The van der Waals surface area contributed by atoms with Crippen molar-refractivity contribution in [1.82, 2.24) is 9.80 Å². The highest BCUT2D eigenvalue weighted by Crippen LogP contribution is 2.32. The summed E-state index contributed by atoms with van der Waals surface area (Å²) in [6.07, 6.45) is 0. The van der Waals surface area contributed by atoms with Gasteiger partial charge >= 0.3 is 0 Å². The summed E-state index contributed by atoms with van der Waals surface area (Å²) in [6, 6.07) is 28.2. The van der Waals surface area contributed by atoms with E-state index in [0.717, 1.165) is 36.8 Å². The third-order valence-corrected chi connectivity index (χ3v) is 6.02. The van der Waals surface area contributed by atoms with Crippen LogP contribution < -0.4 is 5.73 Å². The van der Waals surface area contributed by atoms with Gasteiger partial charge in [0, 0.05) is 31.2 Å². The van der Waals surface area contributed by atoms with Gasteiger partial charge < -0.3 is 5.73 Å². The number of nitrogens with two attached hydrogens (primary N) is 1. The number of hydrogen-bond donors (Lipinski definition) is 1. The van der Waals surface area contributed by atoms with E-state index < -0.39 is 0 Å². The molecule has 0 bridgehead atoms. The molecule has 5 heteroatoms. The van der Waals surface area contributed by atoms with Crippen molar-refractivity contribution < 1.29 is 4.79 Å². The second-order valence-electron chi connectivity index (χ2n) is 7.65. The van der Waals surface area contributed by atoms with Crippen molar-refractivity contribution in [3.63, 3.8) is 0 Å². The number of halogens is 1. The zero-order valence-corrected chi connectivity index (χ0v) is 17.6. The normalized spacial score (nSPS) is 17.4. The van der Waals surface area contributed by atoms with Crippen LogP contribution in [0.15, 0.2) is 84.9 Å². The van der Waals surface area contributed by atoms with Gasteiger partial charge in [-0.3, -0.25) is 14.6 Å². The van der Waals surface area contributed by atoms with E-state index in [4.69, 9.17) is 17.3 Å². The van der Waals surface area contributed by atoms with Gasteiger partial charge in [-0.25, -0.2) is 0 Å². The van der Waals surface area contributed by atoms with Crippen LogP contribution in [0.5, 0.6) is 0 Å². The smallest absolute Gasteiger partial charge is 0.239 e. The van der Waals surface area contributed by atoms with E-state index in [9.17, 15) is 4.79 Å². The number of benzene rings is 3. The molecule has 1 fully saturated rings. The average Bonchev–Trinajstić information content (AvgIpc) is 2.78. The molecule has 3 aromatic carbocycles. The number of carbonyl (C=O) groups excluding carboxylic acids is 1. The molecule has 1 heterocycles. The first-order valence-corrected chi connectivity index (χ1v) is 10.6. The van der Waals surface area contributed by atoms with Gasteiger partial charge in [0.1, 0.15) is 6.04 Å². The Morgan fingerprint density at radius 2 is 1.17 bits per heavy atom. The van der Waals surface area contributed by atoms with E-state index in [2.05, 4.69) is 46.2 Å². The van der Waals surface area contributed by atoms with Crippen LogP contribution in [-0.4, -0.2) is 41.9 Å². The molecule has 3 aromatic rings. The lowest BCUT2D eigenvalue weighted by molar-refractivity contribution is -0.124. The zero-order chi connectivity index (χ0) is 20.9. The fourth-order valence-electron chi connectivity index (χ4n) is 4.34. The zero-order valence-electron chi connectivity index (χ0n) is 16.8. The summed E-state index contributed by atoms with van der Waals surface area (Å²) in [5.41, 5.74) is 9.21. The molecule has 30 heavy (non-hydrogen) atoms. The first-order chi connectivity index (χ1) is 14.6. The largest absolute Gasteiger partial charge is 0.368 e. The molecule has 1 saturated heterocycles. The summed E-state index contributed by atoms with van der Waals surface area (Å²) in [6.45, 7) is 3.25. The van der Waals surface area contributed by atoms with E-state index >= 15 is 0 Å². The minimum atomic E-state index is -0.390. The molecule has 1 aliphatic rings. The van der Waals surface area contributed by atoms with Gasteiger partial charge in [0.25, 0.3) is 0 Å². The van der Waals surface area contributed by atoms with E-state index in [1.807, 2.05) is 48.5 Å². The van der Waals surface area contributed by atoms with Crippen molar-refractivity contribution in [2.24, 2.45) is 5.73 Å². The fourth-order valence-corrected chi connectivity index (χ4v) is 4.46. The van der Waals surface area contributed by atoms with Crippen LogP contribution in [0.3, 0.4) is 0 Å². The molecule has 0 aliphatic carbocycles. The lowest BCUT2D eigenvalue weighted by Crippen LogP contribution is -2.51. The number of hydrogen-bond acceptors (Lipinski definition) is 3. The Hall–Kier alpha value is -2.66. The standard InChI is InChI=1S/C25H26ClN3O/c26-22-13-11-21(12-14-22)23(19-7-3-1-4-8-19)28-15-17-29(18-16-28)24(25(27)30)20-9-5-2-6-10-20/h1-14,23-24H,15-18H2,(H2,27,30)/t23-,24+/m1/s1. The second kappa shape index (κ2) is 9.43. The van der Waals surface area contributed by atoms with Crippen LogP contribution in [0.2, 0.25) is 5.02 Å². The maximum atomic E-state index is 12.2. The monoisotopic (exact) mass is 419 g/mol. The van der Waals surface area contributed by atoms with E-state index in [1.165, 1.54) is 11.1 Å². The maximum Gasteiger partial charge on any atom is 0.239 e. The van der Waals surface area contributed by atoms with Gasteiger partial charge in [0.2, 0.25) is 5.91 Å². The van der Waals surface area contributed by atoms with Gasteiger partial charge in [-0.1, -0.05) is 84.4 Å². The Balaban J connectivity index is 1.55. The minimum absolute atomic E-state index is 0.148. The van der Waals surface area contributed by atoms with Crippen molar-refractivity contribution in [2.75, 3.05) is 26.2 Å².